The van der Waals surface area contributed by atoms with Crippen LogP contribution in [0, 0.1) is 0 Å². The van der Waals surface area contributed by atoms with E-state index in [-0.39, 0.29) is 6.04 Å². The molecule has 4 nitrogen and oxygen atoms in total. The largest absolute Gasteiger partial charge is 0.489 e. The van der Waals surface area contributed by atoms with E-state index in [1.165, 1.54) is 15.0 Å². The van der Waals surface area contributed by atoms with E-state index in [1.54, 1.807) is 11.3 Å². The van der Waals surface area contributed by atoms with Gasteiger partial charge in [-0.05, 0) is 60.2 Å². The summed E-state index contributed by atoms with van der Waals surface area (Å²) in [5.74, 6) is 0.0785. The van der Waals surface area contributed by atoms with Crippen molar-refractivity contribution in [2.24, 2.45) is 0 Å². The van der Waals surface area contributed by atoms with E-state index in [0.29, 0.717) is 13.0 Å². The van der Waals surface area contributed by atoms with Gasteiger partial charge in [0.05, 0.1) is 6.04 Å². The molecule has 0 spiro atoms. The summed E-state index contributed by atoms with van der Waals surface area (Å²) >= 11 is 1.75. The number of ether oxygens (including phenoxy) is 1. The summed E-state index contributed by atoms with van der Waals surface area (Å²) in [5, 5.41) is 11.2. The van der Waals surface area contributed by atoms with Crippen LogP contribution in [0.2, 0.25) is 0 Å². The van der Waals surface area contributed by atoms with Crippen molar-refractivity contribution in [2.45, 2.75) is 38.0 Å². The highest BCUT2D eigenvalue weighted by molar-refractivity contribution is 7.19. The number of hydrogen-bond donors (Lipinski definition) is 1. The molecule has 0 saturated carbocycles. The molecule has 2 heterocycles. The first-order valence-corrected chi connectivity index (χ1v) is 12.2. The second-order valence-electron chi connectivity index (χ2n) is 8.52. The molecule has 4 aromatic rings. The van der Waals surface area contributed by atoms with Crippen LogP contribution in [0.4, 0.5) is 0 Å². The number of likely N-dealkylation sites (tertiary alicyclic amines) is 1. The van der Waals surface area contributed by atoms with Crippen LogP contribution in [-0.2, 0) is 11.4 Å². The standard InChI is InChI=1S/C28H27NO3S/c30-28(31)24-11-6-7-17-29(24)27(26-18-22-10-4-5-12-25(22)33-26)21-13-15-23(16-14-21)32-19-20-8-2-1-3-9-20/h1-5,8-10,12-16,18,24,27H,6-7,11,17,19H2,(H,30,31). The highest BCUT2D eigenvalue weighted by atomic mass is 32.1. The van der Waals surface area contributed by atoms with E-state index in [9.17, 15) is 9.90 Å². The van der Waals surface area contributed by atoms with Gasteiger partial charge in [0.2, 0.25) is 0 Å². The van der Waals surface area contributed by atoms with E-state index in [4.69, 9.17) is 4.74 Å². The second-order valence-corrected chi connectivity index (χ2v) is 9.64. The van der Waals surface area contributed by atoms with Crippen LogP contribution in [0.3, 0.4) is 0 Å². The summed E-state index contributed by atoms with van der Waals surface area (Å²) in [6.07, 6.45) is 2.66. The Kier molecular flexibility index (Phi) is 6.42. The maximum atomic E-state index is 12.1. The average molecular weight is 458 g/mol. The third kappa shape index (κ3) is 4.80. The fraction of sp³-hybridized carbons (Fsp3) is 0.250. The molecule has 3 aromatic carbocycles. The molecule has 33 heavy (non-hydrogen) atoms. The van der Waals surface area contributed by atoms with Crippen molar-refractivity contribution >= 4 is 27.4 Å². The summed E-state index contributed by atoms with van der Waals surface area (Å²) in [5.41, 5.74) is 2.23. The van der Waals surface area contributed by atoms with E-state index in [2.05, 4.69) is 41.3 Å². The Morgan fingerprint density at radius 1 is 1.00 bits per heavy atom. The maximum Gasteiger partial charge on any atom is 0.320 e. The third-order valence-electron chi connectivity index (χ3n) is 6.32. The lowest BCUT2D eigenvalue weighted by molar-refractivity contribution is -0.145. The van der Waals surface area contributed by atoms with Gasteiger partial charge in [-0.3, -0.25) is 9.69 Å². The zero-order valence-corrected chi connectivity index (χ0v) is 19.2. The molecule has 0 amide bonds. The van der Waals surface area contributed by atoms with Gasteiger partial charge in [0.25, 0.3) is 0 Å². The molecule has 1 aliphatic heterocycles. The van der Waals surface area contributed by atoms with Crippen molar-refractivity contribution in [3.8, 4) is 5.75 Å². The summed E-state index contributed by atoms with van der Waals surface area (Å²) in [6.45, 7) is 1.30. The molecule has 0 aliphatic carbocycles. The number of fused-ring (bicyclic) bond motifs is 1. The molecule has 1 aliphatic rings. The van der Waals surface area contributed by atoms with Crippen molar-refractivity contribution in [1.29, 1.82) is 0 Å². The Bertz CT molecular complexity index is 1190. The number of hydrogen-bond acceptors (Lipinski definition) is 4. The SMILES string of the molecule is O=C(O)C1CCCCN1C(c1ccc(OCc2ccccc2)cc1)c1cc2ccccc2s1. The monoisotopic (exact) mass is 457 g/mol. The minimum Gasteiger partial charge on any atom is -0.489 e. The Balaban J connectivity index is 1.46. The fourth-order valence-corrected chi connectivity index (χ4v) is 5.89. The Labute approximate surface area is 198 Å². The lowest BCUT2D eigenvalue weighted by atomic mass is 9.95. The number of carboxylic acids is 1. The van der Waals surface area contributed by atoms with Gasteiger partial charge in [-0.2, -0.15) is 0 Å². The zero-order valence-electron chi connectivity index (χ0n) is 18.4. The van der Waals surface area contributed by atoms with Crippen LogP contribution in [0.15, 0.2) is 84.9 Å². The minimum atomic E-state index is -0.733. The van der Waals surface area contributed by atoms with Crippen molar-refractivity contribution in [3.63, 3.8) is 0 Å². The summed E-state index contributed by atoms with van der Waals surface area (Å²) in [6, 6.07) is 28.3. The van der Waals surface area contributed by atoms with Crippen molar-refractivity contribution in [2.75, 3.05) is 6.54 Å². The second kappa shape index (κ2) is 9.77. The number of nitrogens with zero attached hydrogens (tertiary/aromatic N) is 1. The fourth-order valence-electron chi connectivity index (χ4n) is 4.67. The minimum absolute atomic E-state index is 0.0908. The van der Waals surface area contributed by atoms with E-state index >= 15 is 0 Å². The Hall–Kier alpha value is -3.15. The molecule has 2 atom stereocenters. The molecule has 1 N–H and O–H groups in total. The van der Waals surface area contributed by atoms with Gasteiger partial charge < -0.3 is 9.84 Å². The van der Waals surface area contributed by atoms with E-state index in [0.717, 1.165) is 36.3 Å². The van der Waals surface area contributed by atoms with Gasteiger partial charge in [-0.15, -0.1) is 11.3 Å². The highest BCUT2D eigenvalue weighted by Gasteiger charge is 2.35. The Morgan fingerprint density at radius 2 is 1.76 bits per heavy atom. The molecular formula is C28H27NO3S. The number of carbonyl (C=O) groups is 1. The van der Waals surface area contributed by atoms with E-state index < -0.39 is 12.0 Å². The number of benzene rings is 3. The average Bonchev–Trinajstić information content (AvgIpc) is 3.28. The molecule has 0 bridgehead atoms. The normalized spacial score (nSPS) is 17.6. The topological polar surface area (TPSA) is 49.8 Å². The molecule has 0 radical (unpaired) electrons. The van der Waals surface area contributed by atoms with Crippen LogP contribution in [0.5, 0.6) is 5.75 Å². The summed E-state index contributed by atoms with van der Waals surface area (Å²) in [4.78, 5) is 15.5. The third-order valence-corrected chi connectivity index (χ3v) is 7.49. The highest BCUT2D eigenvalue weighted by Crippen LogP contribution is 2.40. The summed E-state index contributed by atoms with van der Waals surface area (Å²) in [7, 11) is 0. The van der Waals surface area contributed by atoms with Crippen molar-refractivity contribution in [1.82, 2.24) is 4.90 Å². The first kappa shape index (κ1) is 21.7. The number of aliphatic carboxylic acids is 1. The van der Waals surface area contributed by atoms with Crippen molar-refractivity contribution in [3.05, 3.63) is 101 Å². The van der Waals surface area contributed by atoms with Gasteiger partial charge in [0.15, 0.2) is 0 Å². The molecule has 5 rings (SSSR count). The first-order valence-electron chi connectivity index (χ1n) is 11.4. The molecule has 168 valence electrons. The smallest absolute Gasteiger partial charge is 0.320 e. The van der Waals surface area contributed by atoms with Gasteiger partial charge in [0.1, 0.15) is 18.4 Å². The molecule has 5 heteroatoms. The molecule has 1 fully saturated rings. The predicted molar refractivity (Wildman–Crippen MR) is 133 cm³/mol. The number of piperidine rings is 1. The lowest BCUT2D eigenvalue weighted by Crippen LogP contribution is -2.46. The molecule has 1 aromatic heterocycles. The molecule has 2 unspecified atom stereocenters. The van der Waals surface area contributed by atoms with Crippen LogP contribution in [0.1, 0.15) is 41.3 Å². The zero-order chi connectivity index (χ0) is 22.6. The van der Waals surface area contributed by atoms with Gasteiger partial charge in [-0.1, -0.05) is 67.1 Å². The molecular weight excluding hydrogens is 430 g/mol. The van der Waals surface area contributed by atoms with Crippen LogP contribution >= 0.6 is 11.3 Å². The molecule has 1 saturated heterocycles. The number of thiophene rings is 1. The van der Waals surface area contributed by atoms with E-state index in [1.807, 2.05) is 48.5 Å². The number of carboxylic acid groups (broad SMARTS) is 1. The van der Waals surface area contributed by atoms with Crippen molar-refractivity contribution < 1.29 is 14.6 Å². The van der Waals surface area contributed by atoms with Gasteiger partial charge in [0, 0.05) is 9.58 Å². The first-order chi connectivity index (χ1) is 16.2. The van der Waals surface area contributed by atoms with Crippen LogP contribution < -0.4 is 4.74 Å². The maximum absolute atomic E-state index is 12.1. The van der Waals surface area contributed by atoms with Gasteiger partial charge in [-0.25, -0.2) is 0 Å². The van der Waals surface area contributed by atoms with Gasteiger partial charge >= 0.3 is 5.97 Å². The van der Waals surface area contributed by atoms with Crippen LogP contribution in [-0.4, -0.2) is 28.6 Å². The quantitative estimate of drug-likeness (QED) is 0.344. The van der Waals surface area contributed by atoms with Crippen LogP contribution in [0.25, 0.3) is 10.1 Å². The lowest BCUT2D eigenvalue weighted by Gasteiger charge is -2.39. The summed E-state index contributed by atoms with van der Waals surface area (Å²) < 4.78 is 7.21. The number of rotatable bonds is 7. The Morgan fingerprint density at radius 3 is 2.52 bits per heavy atom. The predicted octanol–water partition coefficient (Wildman–Crippen LogP) is 6.51.